The third-order valence-corrected chi connectivity index (χ3v) is 4.61. The van der Waals surface area contributed by atoms with Gasteiger partial charge in [-0.2, -0.15) is 0 Å². The van der Waals surface area contributed by atoms with Crippen molar-refractivity contribution in [2.75, 3.05) is 32.8 Å². The molecule has 0 aromatic carbocycles. The molecule has 0 bridgehead atoms. The van der Waals surface area contributed by atoms with Crippen LogP contribution in [0.25, 0.3) is 5.65 Å². The summed E-state index contributed by atoms with van der Waals surface area (Å²) >= 11 is 0. The quantitative estimate of drug-likeness (QED) is 0.764. The number of H-pyrrole nitrogens is 1. The van der Waals surface area contributed by atoms with Gasteiger partial charge < -0.3 is 9.64 Å². The Morgan fingerprint density at radius 2 is 1.96 bits per heavy atom. The average molecular weight is 375 g/mol. The number of carbonyl (C=O) groups is 2. The molecule has 2 aromatic heterocycles. The number of ether oxygens (including phenoxy) is 1. The highest BCUT2D eigenvalue weighted by Gasteiger charge is 2.23. The summed E-state index contributed by atoms with van der Waals surface area (Å²) in [6.07, 6.45) is 1.43. The zero-order valence-corrected chi connectivity index (χ0v) is 15.9. The largest absolute Gasteiger partial charge is 0.462 e. The minimum Gasteiger partial charge on any atom is -0.462 e. The van der Waals surface area contributed by atoms with Gasteiger partial charge >= 0.3 is 5.97 Å². The summed E-state index contributed by atoms with van der Waals surface area (Å²) in [5, 5.41) is 2.74. The molecule has 0 atom stereocenters. The summed E-state index contributed by atoms with van der Waals surface area (Å²) in [6, 6.07) is 1.46. The van der Waals surface area contributed by atoms with E-state index in [1.807, 2.05) is 18.7 Å². The van der Waals surface area contributed by atoms with Crippen LogP contribution in [0.15, 0.2) is 17.1 Å². The first-order chi connectivity index (χ1) is 12.9. The number of hydrogen-bond donors (Lipinski definition) is 1. The number of aromatic amines is 1. The van der Waals surface area contributed by atoms with Gasteiger partial charge in [-0.3, -0.25) is 19.6 Å². The predicted octanol–water partition coefficient (Wildman–Crippen LogP) is 0.500. The molecule has 9 nitrogen and oxygen atoms in total. The lowest BCUT2D eigenvalue weighted by Gasteiger charge is -2.35. The number of hydrogen-bond acceptors (Lipinski definition) is 6. The van der Waals surface area contributed by atoms with Gasteiger partial charge in [0.15, 0.2) is 5.65 Å². The van der Waals surface area contributed by atoms with E-state index in [4.69, 9.17) is 4.74 Å². The Morgan fingerprint density at radius 1 is 1.26 bits per heavy atom. The molecule has 0 radical (unpaired) electrons. The fraction of sp³-hybridized carbons (Fsp3) is 0.556. The Morgan fingerprint density at radius 3 is 2.59 bits per heavy atom. The SMILES string of the molecule is CCOC(=O)c1c[nH]n2c(=O)cc(CN3CCN(C(=O)C(C)C)CC3)nc12. The van der Waals surface area contributed by atoms with E-state index in [0.717, 1.165) is 13.1 Å². The second-order valence-corrected chi connectivity index (χ2v) is 6.91. The van der Waals surface area contributed by atoms with Gasteiger partial charge in [-0.25, -0.2) is 14.3 Å². The van der Waals surface area contributed by atoms with Crippen molar-refractivity contribution in [1.29, 1.82) is 0 Å². The minimum absolute atomic E-state index is 0.00411. The monoisotopic (exact) mass is 375 g/mol. The Labute approximate surface area is 156 Å². The van der Waals surface area contributed by atoms with Crippen molar-refractivity contribution >= 4 is 17.5 Å². The smallest absolute Gasteiger partial charge is 0.343 e. The van der Waals surface area contributed by atoms with Crippen molar-refractivity contribution in [2.45, 2.75) is 27.3 Å². The molecule has 1 aliphatic rings. The summed E-state index contributed by atoms with van der Waals surface area (Å²) < 4.78 is 6.25. The van der Waals surface area contributed by atoms with Crippen LogP contribution in [-0.2, 0) is 16.1 Å². The lowest BCUT2D eigenvalue weighted by Crippen LogP contribution is -2.49. The van der Waals surface area contributed by atoms with Crippen LogP contribution in [0.2, 0.25) is 0 Å². The highest BCUT2D eigenvalue weighted by Crippen LogP contribution is 2.12. The van der Waals surface area contributed by atoms with Gasteiger partial charge in [-0.1, -0.05) is 13.8 Å². The van der Waals surface area contributed by atoms with E-state index < -0.39 is 5.97 Å². The molecule has 3 rings (SSSR count). The summed E-state index contributed by atoms with van der Waals surface area (Å²) in [6.45, 7) is 9.03. The first kappa shape index (κ1) is 19.1. The van der Waals surface area contributed by atoms with Gasteiger partial charge in [0, 0.05) is 50.9 Å². The third-order valence-electron chi connectivity index (χ3n) is 4.61. The van der Waals surface area contributed by atoms with E-state index in [1.54, 1.807) is 6.92 Å². The Hall–Kier alpha value is -2.68. The lowest BCUT2D eigenvalue weighted by molar-refractivity contribution is -0.136. The van der Waals surface area contributed by atoms with Crippen LogP contribution in [0.3, 0.4) is 0 Å². The average Bonchev–Trinajstić information content (AvgIpc) is 3.06. The maximum Gasteiger partial charge on any atom is 0.343 e. The van der Waals surface area contributed by atoms with Crippen LogP contribution in [0.4, 0.5) is 0 Å². The third kappa shape index (κ3) is 4.02. The number of nitrogens with one attached hydrogen (secondary N) is 1. The Bertz CT molecular complexity index is 893. The van der Waals surface area contributed by atoms with Crippen molar-refractivity contribution in [2.24, 2.45) is 5.92 Å². The van der Waals surface area contributed by atoms with Gasteiger partial charge in [0.25, 0.3) is 5.56 Å². The fourth-order valence-corrected chi connectivity index (χ4v) is 3.19. The molecule has 0 unspecified atom stereocenters. The van der Waals surface area contributed by atoms with Crippen molar-refractivity contribution in [1.82, 2.24) is 24.4 Å². The second kappa shape index (κ2) is 7.91. The molecule has 1 fully saturated rings. The second-order valence-electron chi connectivity index (χ2n) is 6.91. The van der Waals surface area contributed by atoms with Crippen molar-refractivity contribution in [3.63, 3.8) is 0 Å². The molecule has 1 saturated heterocycles. The van der Waals surface area contributed by atoms with Gasteiger partial charge in [-0.15, -0.1) is 0 Å². The molecule has 0 aliphatic carbocycles. The summed E-state index contributed by atoms with van der Waals surface area (Å²) in [4.78, 5) is 45.0. The van der Waals surface area contributed by atoms with Gasteiger partial charge in [-0.05, 0) is 6.92 Å². The Kier molecular flexibility index (Phi) is 5.59. The zero-order valence-electron chi connectivity index (χ0n) is 15.9. The number of aromatic nitrogens is 3. The first-order valence-electron chi connectivity index (χ1n) is 9.19. The normalized spacial score (nSPS) is 15.5. The summed E-state index contributed by atoms with van der Waals surface area (Å²) in [5.41, 5.74) is 0.820. The van der Waals surface area contributed by atoms with Gasteiger partial charge in [0.2, 0.25) is 5.91 Å². The highest BCUT2D eigenvalue weighted by atomic mass is 16.5. The number of esters is 1. The summed E-state index contributed by atoms with van der Waals surface area (Å²) in [7, 11) is 0. The van der Waals surface area contributed by atoms with E-state index >= 15 is 0 Å². The molecule has 1 N–H and O–H groups in total. The standard InChI is InChI=1S/C18H25N5O4/c1-4-27-18(26)14-10-19-23-15(24)9-13(20-16(14)23)11-21-5-7-22(8-6-21)17(25)12(2)3/h9-10,12,19H,4-8,11H2,1-3H3. The van der Waals surface area contributed by atoms with Crippen molar-refractivity contribution in [3.05, 3.63) is 33.9 Å². The van der Waals surface area contributed by atoms with Gasteiger partial charge in [0.05, 0.1) is 12.3 Å². The van der Waals surface area contributed by atoms with Crippen LogP contribution < -0.4 is 5.56 Å². The van der Waals surface area contributed by atoms with Crippen LogP contribution >= 0.6 is 0 Å². The van der Waals surface area contributed by atoms with E-state index in [0.29, 0.717) is 25.3 Å². The molecule has 1 aliphatic heterocycles. The minimum atomic E-state index is -0.513. The summed E-state index contributed by atoms with van der Waals surface area (Å²) in [5.74, 6) is -0.351. The van der Waals surface area contributed by atoms with Gasteiger partial charge in [0.1, 0.15) is 5.56 Å². The van der Waals surface area contributed by atoms with E-state index in [9.17, 15) is 14.4 Å². The number of fused-ring (bicyclic) bond motifs is 1. The molecule has 1 amide bonds. The predicted molar refractivity (Wildman–Crippen MR) is 98.5 cm³/mol. The molecule has 2 aromatic rings. The van der Waals surface area contributed by atoms with Crippen LogP contribution in [-0.4, -0.2) is 69.1 Å². The zero-order chi connectivity index (χ0) is 19.6. The van der Waals surface area contributed by atoms with Crippen molar-refractivity contribution in [3.8, 4) is 0 Å². The number of nitrogens with zero attached hydrogens (tertiary/aromatic N) is 4. The Balaban J connectivity index is 1.74. The van der Waals surface area contributed by atoms with Crippen LogP contribution in [0.1, 0.15) is 36.8 Å². The van der Waals surface area contributed by atoms with Crippen LogP contribution in [0.5, 0.6) is 0 Å². The van der Waals surface area contributed by atoms with Crippen molar-refractivity contribution < 1.29 is 14.3 Å². The number of piperazine rings is 1. The molecule has 27 heavy (non-hydrogen) atoms. The molecule has 3 heterocycles. The van der Waals surface area contributed by atoms with E-state index in [1.165, 1.54) is 16.8 Å². The van der Waals surface area contributed by atoms with E-state index in [-0.39, 0.29) is 35.2 Å². The fourth-order valence-electron chi connectivity index (χ4n) is 3.19. The lowest BCUT2D eigenvalue weighted by atomic mass is 10.1. The number of amides is 1. The van der Waals surface area contributed by atoms with Crippen LogP contribution in [0, 0.1) is 5.92 Å². The molecular weight excluding hydrogens is 350 g/mol. The highest BCUT2D eigenvalue weighted by molar-refractivity contribution is 5.95. The molecule has 146 valence electrons. The topological polar surface area (TPSA) is 100 Å². The molecule has 9 heteroatoms. The molecule has 0 spiro atoms. The first-order valence-corrected chi connectivity index (χ1v) is 9.19. The maximum absolute atomic E-state index is 12.3. The molecule has 0 saturated carbocycles. The number of carbonyl (C=O) groups excluding carboxylic acids is 2. The number of rotatable bonds is 5. The van der Waals surface area contributed by atoms with E-state index in [2.05, 4.69) is 15.0 Å². The maximum atomic E-state index is 12.3. The molecular formula is C18H25N5O4.